The van der Waals surface area contributed by atoms with E-state index in [-0.39, 0.29) is 24.4 Å². The third-order valence-corrected chi connectivity index (χ3v) is 4.37. The zero-order valence-electron chi connectivity index (χ0n) is 12.3. The number of carboxylic acids is 1. The monoisotopic (exact) mass is 297 g/mol. The Balaban J connectivity index is 1.85. The molecule has 3 amide bonds. The summed E-state index contributed by atoms with van der Waals surface area (Å²) in [5.74, 6) is -1.38. The molecule has 7 nitrogen and oxygen atoms in total. The first-order valence-electron chi connectivity index (χ1n) is 7.53. The Hall–Kier alpha value is -1.79. The maximum Gasteiger partial charge on any atom is 0.329 e. The van der Waals surface area contributed by atoms with Crippen molar-refractivity contribution in [2.24, 2.45) is 5.92 Å². The van der Waals surface area contributed by atoms with E-state index >= 15 is 0 Å². The molecule has 2 aliphatic rings. The molecule has 0 heterocycles. The minimum atomic E-state index is -1.23. The normalized spacial score (nSPS) is 28.5. The molecular weight excluding hydrogens is 274 g/mol. The molecule has 2 atom stereocenters. The lowest BCUT2D eigenvalue weighted by atomic mass is 9.73. The lowest BCUT2D eigenvalue weighted by molar-refractivity contribution is -0.148. The number of hydrogen-bond donors (Lipinski definition) is 4. The van der Waals surface area contributed by atoms with Crippen LogP contribution in [0.3, 0.4) is 0 Å². The number of aliphatic carboxylic acids is 1. The van der Waals surface area contributed by atoms with Crippen LogP contribution in [0.25, 0.3) is 0 Å². The molecule has 2 aliphatic carbocycles. The maximum absolute atomic E-state index is 11.9. The molecule has 2 fully saturated rings. The van der Waals surface area contributed by atoms with Gasteiger partial charge in [-0.25, -0.2) is 9.59 Å². The van der Waals surface area contributed by atoms with Crippen LogP contribution in [0, 0.1) is 5.92 Å². The number of carbonyl (C=O) groups is 3. The van der Waals surface area contributed by atoms with Gasteiger partial charge in [0.25, 0.3) is 0 Å². The Labute approximate surface area is 123 Å². The molecule has 118 valence electrons. The van der Waals surface area contributed by atoms with Crippen LogP contribution in [0.4, 0.5) is 4.79 Å². The van der Waals surface area contributed by atoms with Crippen LogP contribution >= 0.6 is 0 Å². The number of nitrogens with one attached hydrogen (secondary N) is 3. The molecule has 2 saturated carbocycles. The van der Waals surface area contributed by atoms with Crippen molar-refractivity contribution in [2.45, 2.75) is 57.0 Å². The van der Waals surface area contributed by atoms with Gasteiger partial charge in [-0.2, -0.15) is 0 Å². The van der Waals surface area contributed by atoms with E-state index in [2.05, 4.69) is 16.0 Å². The first-order chi connectivity index (χ1) is 9.94. The summed E-state index contributed by atoms with van der Waals surface area (Å²) in [7, 11) is 0. The number of urea groups is 1. The van der Waals surface area contributed by atoms with Gasteiger partial charge in [-0.15, -0.1) is 0 Å². The van der Waals surface area contributed by atoms with E-state index < -0.39 is 17.5 Å². The Morgan fingerprint density at radius 1 is 1.19 bits per heavy atom. The average Bonchev–Trinajstić information content (AvgIpc) is 3.23. The van der Waals surface area contributed by atoms with Crippen molar-refractivity contribution in [1.29, 1.82) is 0 Å². The van der Waals surface area contributed by atoms with Crippen LogP contribution in [0.15, 0.2) is 0 Å². The summed E-state index contributed by atoms with van der Waals surface area (Å²) < 4.78 is 0. The highest BCUT2D eigenvalue weighted by Gasteiger charge is 2.46. The van der Waals surface area contributed by atoms with Crippen LogP contribution in [-0.4, -0.2) is 41.1 Å². The van der Waals surface area contributed by atoms with Gasteiger partial charge >= 0.3 is 12.0 Å². The van der Waals surface area contributed by atoms with Gasteiger partial charge in [0.1, 0.15) is 5.54 Å². The van der Waals surface area contributed by atoms with Crippen LogP contribution in [0.2, 0.25) is 0 Å². The Kier molecular flexibility index (Phi) is 4.69. The number of rotatable bonds is 5. The second kappa shape index (κ2) is 6.32. The van der Waals surface area contributed by atoms with Crippen molar-refractivity contribution < 1.29 is 19.5 Å². The number of amides is 3. The van der Waals surface area contributed by atoms with Crippen molar-refractivity contribution in [3.8, 4) is 0 Å². The van der Waals surface area contributed by atoms with Gasteiger partial charge in [0.15, 0.2) is 0 Å². The third kappa shape index (κ3) is 3.86. The quantitative estimate of drug-likeness (QED) is 0.596. The number of carbonyl (C=O) groups excluding carboxylic acids is 2. The van der Waals surface area contributed by atoms with Gasteiger partial charge in [0, 0.05) is 6.04 Å². The van der Waals surface area contributed by atoms with Crippen molar-refractivity contribution in [2.75, 3.05) is 6.54 Å². The lowest BCUT2D eigenvalue weighted by Crippen LogP contribution is -2.62. The lowest BCUT2D eigenvalue weighted by Gasteiger charge is -2.39. The summed E-state index contributed by atoms with van der Waals surface area (Å²) in [5.41, 5.74) is -1.23. The molecule has 7 heteroatoms. The smallest absolute Gasteiger partial charge is 0.329 e. The zero-order valence-corrected chi connectivity index (χ0v) is 12.3. The average molecular weight is 297 g/mol. The highest BCUT2D eigenvalue weighted by molar-refractivity contribution is 5.89. The van der Waals surface area contributed by atoms with E-state index in [0.717, 1.165) is 32.1 Å². The topological polar surface area (TPSA) is 108 Å². The highest BCUT2D eigenvalue weighted by Crippen LogP contribution is 2.33. The van der Waals surface area contributed by atoms with Gasteiger partial charge in [0.2, 0.25) is 5.91 Å². The summed E-state index contributed by atoms with van der Waals surface area (Å²) >= 11 is 0. The molecule has 4 N–H and O–H groups in total. The summed E-state index contributed by atoms with van der Waals surface area (Å²) in [6.07, 6.45) is 4.91. The molecule has 0 aromatic heterocycles. The standard InChI is InChI=1S/C14H23N3O4/c1-9-4-2-3-7-14(9,12(19)20)17-13(21)15-8-11(18)16-10-5-6-10/h9-10H,2-8H2,1H3,(H,16,18)(H,19,20)(H2,15,17,21). The van der Waals surface area contributed by atoms with Crippen LogP contribution in [0.5, 0.6) is 0 Å². The van der Waals surface area contributed by atoms with Gasteiger partial charge in [0.05, 0.1) is 6.54 Å². The Bertz CT molecular complexity index is 436. The predicted octanol–water partition coefficient (Wildman–Crippen LogP) is 0.598. The van der Waals surface area contributed by atoms with Gasteiger partial charge in [-0.1, -0.05) is 19.8 Å². The van der Waals surface area contributed by atoms with Crippen molar-refractivity contribution >= 4 is 17.9 Å². The van der Waals surface area contributed by atoms with Gasteiger partial charge in [-0.3, -0.25) is 4.79 Å². The molecular formula is C14H23N3O4. The fourth-order valence-electron chi connectivity index (χ4n) is 2.82. The SMILES string of the molecule is CC1CCCCC1(NC(=O)NCC(=O)NC1CC1)C(=O)O. The van der Waals surface area contributed by atoms with E-state index in [4.69, 9.17) is 0 Å². The predicted molar refractivity (Wildman–Crippen MR) is 75.7 cm³/mol. The minimum absolute atomic E-state index is 0.130. The van der Waals surface area contributed by atoms with Crippen LogP contribution in [0.1, 0.15) is 45.4 Å². The molecule has 21 heavy (non-hydrogen) atoms. The largest absolute Gasteiger partial charge is 0.479 e. The first kappa shape index (κ1) is 15.6. The summed E-state index contributed by atoms with van der Waals surface area (Å²) in [6, 6.07) is -0.358. The Morgan fingerprint density at radius 3 is 2.48 bits per heavy atom. The number of carboxylic acid groups (broad SMARTS) is 1. The summed E-state index contributed by atoms with van der Waals surface area (Å²) in [6.45, 7) is 1.71. The fourth-order valence-corrected chi connectivity index (χ4v) is 2.82. The minimum Gasteiger partial charge on any atom is -0.479 e. The van der Waals surface area contributed by atoms with E-state index in [1.807, 2.05) is 6.92 Å². The third-order valence-electron chi connectivity index (χ3n) is 4.37. The molecule has 0 spiro atoms. The Morgan fingerprint density at radius 2 is 1.90 bits per heavy atom. The van der Waals surface area contributed by atoms with E-state index in [0.29, 0.717) is 6.42 Å². The van der Waals surface area contributed by atoms with Crippen molar-refractivity contribution in [1.82, 2.24) is 16.0 Å². The summed E-state index contributed by atoms with van der Waals surface area (Å²) in [4.78, 5) is 35.0. The van der Waals surface area contributed by atoms with Crippen LogP contribution in [-0.2, 0) is 9.59 Å². The molecule has 2 rings (SSSR count). The molecule has 0 aliphatic heterocycles. The van der Waals surface area contributed by atoms with Gasteiger partial charge < -0.3 is 21.1 Å². The maximum atomic E-state index is 11.9. The summed E-state index contributed by atoms with van der Waals surface area (Å²) in [5, 5.41) is 17.3. The molecule has 2 unspecified atom stereocenters. The fraction of sp³-hybridized carbons (Fsp3) is 0.786. The first-order valence-corrected chi connectivity index (χ1v) is 7.53. The second-order valence-corrected chi connectivity index (χ2v) is 6.07. The molecule has 0 saturated heterocycles. The van der Waals surface area contributed by atoms with E-state index in [9.17, 15) is 19.5 Å². The number of hydrogen-bond acceptors (Lipinski definition) is 3. The van der Waals surface area contributed by atoms with Crippen molar-refractivity contribution in [3.05, 3.63) is 0 Å². The van der Waals surface area contributed by atoms with E-state index in [1.165, 1.54) is 0 Å². The molecule has 0 bridgehead atoms. The second-order valence-electron chi connectivity index (χ2n) is 6.07. The molecule has 0 aromatic rings. The zero-order chi connectivity index (χ0) is 15.5. The van der Waals surface area contributed by atoms with Crippen molar-refractivity contribution in [3.63, 3.8) is 0 Å². The van der Waals surface area contributed by atoms with E-state index in [1.54, 1.807) is 0 Å². The van der Waals surface area contributed by atoms with Gasteiger partial charge in [-0.05, 0) is 31.6 Å². The van der Waals surface area contributed by atoms with Crippen LogP contribution < -0.4 is 16.0 Å². The molecule has 0 radical (unpaired) electrons. The molecule has 0 aromatic carbocycles. The highest BCUT2D eigenvalue weighted by atomic mass is 16.4.